The lowest BCUT2D eigenvalue weighted by Crippen LogP contribution is -2.50. The predicted octanol–water partition coefficient (Wildman–Crippen LogP) is 2.46. The van der Waals surface area contributed by atoms with Gasteiger partial charge in [-0.25, -0.2) is 4.79 Å². The molecule has 0 radical (unpaired) electrons. The van der Waals surface area contributed by atoms with E-state index in [0.717, 1.165) is 13.0 Å². The third-order valence-corrected chi connectivity index (χ3v) is 4.95. The first-order valence-corrected chi connectivity index (χ1v) is 7.76. The van der Waals surface area contributed by atoms with Crippen molar-refractivity contribution in [3.63, 3.8) is 0 Å². The normalized spacial score (nSPS) is 21.9. The maximum atomic E-state index is 12.0. The SMILES string of the molecule is CN(CC1CCCCC1)C(=O)NCC1(C(=O)O)CCC1. The standard InChI is InChI=1S/C15H26N2O3/c1-17(10-12-6-3-2-4-7-12)14(20)16-11-15(13(18)19)8-5-9-15/h12H,2-11H2,1H3,(H,16,20)(H,18,19). The molecule has 2 rings (SSSR count). The fourth-order valence-electron chi connectivity index (χ4n) is 3.29. The number of nitrogens with one attached hydrogen (secondary N) is 1. The summed E-state index contributed by atoms with van der Waals surface area (Å²) in [4.78, 5) is 25.0. The van der Waals surface area contributed by atoms with Gasteiger partial charge in [0.05, 0.1) is 5.41 Å². The quantitative estimate of drug-likeness (QED) is 0.814. The van der Waals surface area contributed by atoms with Crippen LogP contribution in [0.25, 0.3) is 0 Å². The highest BCUT2D eigenvalue weighted by molar-refractivity contribution is 5.78. The van der Waals surface area contributed by atoms with Gasteiger partial charge in [-0.05, 0) is 31.6 Å². The molecule has 114 valence electrons. The Morgan fingerprint density at radius 2 is 1.85 bits per heavy atom. The number of carbonyl (C=O) groups is 2. The molecule has 0 spiro atoms. The zero-order valence-electron chi connectivity index (χ0n) is 12.4. The number of carbonyl (C=O) groups excluding carboxylic acids is 1. The highest BCUT2D eigenvalue weighted by atomic mass is 16.4. The molecule has 0 saturated heterocycles. The van der Waals surface area contributed by atoms with Gasteiger partial charge in [-0.1, -0.05) is 25.7 Å². The molecule has 2 N–H and O–H groups in total. The van der Waals surface area contributed by atoms with Gasteiger partial charge in [-0.2, -0.15) is 0 Å². The Labute approximate surface area is 120 Å². The van der Waals surface area contributed by atoms with Crippen molar-refractivity contribution in [1.82, 2.24) is 10.2 Å². The van der Waals surface area contributed by atoms with Gasteiger partial charge in [-0.15, -0.1) is 0 Å². The molecule has 2 saturated carbocycles. The minimum absolute atomic E-state index is 0.136. The van der Waals surface area contributed by atoms with Crippen LogP contribution in [-0.4, -0.2) is 42.1 Å². The van der Waals surface area contributed by atoms with Gasteiger partial charge in [0.1, 0.15) is 0 Å². The van der Waals surface area contributed by atoms with Crippen molar-refractivity contribution < 1.29 is 14.7 Å². The number of carboxylic acid groups (broad SMARTS) is 1. The molecular formula is C15H26N2O3. The fourth-order valence-corrected chi connectivity index (χ4v) is 3.29. The topological polar surface area (TPSA) is 69.6 Å². The van der Waals surface area contributed by atoms with E-state index in [1.807, 2.05) is 0 Å². The van der Waals surface area contributed by atoms with Gasteiger partial charge < -0.3 is 15.3 Å². The first kappa shape index (κ1) is 15.1. The van der Waals surface area contributed by atoms with Crippen LogP contribution in [0, 0.1) is 11.3 Å². The Bertz CT molecular complexity index is 360. The number of hydrogen-bond acceptors (Lipinski definition) is 2. The summed E-state index contributed by atoms with van der Waals surface area (Å²) >= 11 is 0. The van der Waals surface area contributed by atoms with Gasteiger partial charge in [0.15, 0.2) is 0 Å². The van der Waals surface area contributed by atoms with E-state index >= 15 is 0 Å². The van der Waals surface area contributed by atoms with Crippen molar-refractivity contribution in [2.24, 2.45) is 11.3 Å². The Hall–Kier alpha value is -1.26. The lowest BCUT2D eigenvalue weighted by atomic mass is 9.69. The summed E-state index contributed by atoms with van der Waals surface area (Å²) < 4.78 is 0. The fraction of sp³-hybridized carbons (Fsp3) is 0.867. The monoisotopic (exact) mass is 282 g/mol. The molecule has 0 atom stereocenters. The van der Waals surface area contributed by atoms with Crippen molar-refractivity contribution in [1.29, 1.82) is 0 Å². The largest absolute Gasteiger partial charge is 0.481 e. The summed E-state index contributed by atoms with van der Waals surface area (Å²) in [6, 6.07) is -0.136. The molecule has 2 amide bonds. The molecule has 20 heavy (non-hydrogen) atoms. The number of aliphatic carboxylic acids is 1. The first-order chi connectivity index (χ1) is 9.53. The van der Waals surface area contributed by atoms with E-state index in [-0.39, 0.29) is 12.6 Å². The highest BCUT2D eigenvalue weighted by Crippen LogP contribution is 2.40. The summed E-state index contributed by atoms with van der Waals surface area (Å²) in [6.45, 7) is 1.04. The van der Waals surface area contributed by atoms with Gasteiger partial charge in [0.25, 0.3) is 0 Å². The maximum absolute atomic E-state index is 12.0. The zero-order chi connectivity index (χ0) is 14.6. The lowest BCUT2D eigenvalue weighted by molar-refractivity contribution is -0.153. The van der Waals surface area contributed by atoms with Crippen molar-refractivity contribution in [2.45, 2.75) is 51.4 Å². The Morgan fingerprint density at radius 1 is 1.20 bits per heavy atom. The average Bonchev–Trinajstić information content (AvgIpc) is 2.37. The molecule has 0 heterocycles. The van der Waals surface area contributed by atoms with E-state index in [1.54, 1.807) is 11.9 Å². The van der Waals surface area contributed by atoms with E-state index in [1.165, 1.54) is 32.1 Å². The van der Waals surface area contributed by atoms with Crippen LogP contribution in [0.2, 0.25) is 0 Å². The molecule has 5 nitrogen and oxygen atoms in total. The van der Waals surface area contributed by atoms with Crippen molar-refractivity contribution in [3.05, 3.63) is 0 Å². The molecule has 0 unspecified atom stereocenters. The summed E-state index contributed by atoms with van der Waals surface area (Å²) in [5, 5.41) is 12.0. The van der Waals surface area contributed by atoms with Crippen LogP contribution in [0.1, 0.15) is 51.4 Å². The number of urea groups is 1. The molecule has 0 aromatic heterocycles. The molecule has 2 aliphatic carbocycles. The second-order valence-corrected chi connectivity index (χ2v) is 6.48. The molecule has 0 aliphatic heterocycles. The maximum Gasteiger partial charge on any atom is 0.317 e. The van der Waals surface area contributed by atoms with Crippen molar-refractivity contribution in [3.8, 4) is 0 Å². The average molecular weight is 282 g/mol. The summed E-state index contributed by atoms with van der Waals surface area (Å²) in [6.07, 6.45) is 8.55. The predicted molar refractivity (Wildman–Crippen MR) is 76.5 cm³/mol. The first-order valence-electron chi connectivity index (χ1n) is 7.76. The smallest absolute Gasteiger partial charge is 0.317 e. The van der Waals surface area contributed by atoms with E-state index in [2.05, 4.69) is 5.32 Å². The zero-order valence-corrected chi connectivity index (χ0v) is 12.4. The number of nitrogens with zero attached hydrogens (tertiary/aromatic N) is 1. The van der Waals surface area contributed by atoms with Crippen LogP contribution < -0.4 is 5.32 Å². The van der Waals surface area contributed by atoms with Gasteiger partial charge in [-0.3, -0.25) is 4.79 Å². The Morgan fingerprint density at radius 3 is 2.35 bits per heavy atom. The molecule has 2 fully saturated rings. The number of carboxylic acids is 1. The molecule has 0 aromatic rings. The second kappa shape index (κ2) is 6.46. The van der Waals surface area contributed by atoms with Crippen LogP contribution >= 0.6 is 0 Å². The molecule has 5 heteroatoms. The molecule has 0 bridgehead atoms. The molecular weight excluding hydrogens is 256 g/mol. The Balaban J connectivity index is 1.74. The molecule has 2 aliphatic rings. The van der Waals surface area contributed by atoms with Crippen molar-refractivity contribution in [2.75, 3.05) is 20.1 Å². The molecule has 0 aromatic carbocycles. The van der Waals surface area contributed by atoms with E-state index < -0.39 is 11.4 Å². The highest BCUT2D eigenvalue weighted by Gasteiger charge is 2.44. The summed E-state index contributed by atoms with van der Waals surface area (Å²) in [5.74, 6) is -0.171. The number of rotatable bonds is 5. The van der Waals surface area contributed by atoms with E-state index in [0.29, 0.717) is 18.8 Å². The van der Waals surface area contributed by atoms with Crippen LogP contribution in [-0.2, 0) is 4.79 Å². The van der Waals surface area contributed by atoms with Crippen LogP contribution in [0.15, 0.2) is 0 Å². The van der Waals surface area contributed by atoms with E-state index in [4.69, 9.17) is 0 Å². The third-order valence-electron chi connectivity index (χ3n) is 4.95. The minimum atomic E-state index is -0.779. The third kappa shape index (κ3) is 3.44. The summed E-state index contributed by atoms with van der Waals surface area (Å²) in [7, 11) is 1.80. The minimum Gasteiger partial charge on any atom is -0.481 e. The van der Waals surface area contributed by atoms with Crippen LogP contribution in [0.4, 0.5) is 4.79 Å². The van der Waals surface area contributed by atoms with Crippen LogP contribution in [0.3, 0.4) is 0 Å². The van der Waals surface area contributed by atoms with Crippen LogP contribution in [0.5, 0.6) is 0 Å². The van der Waals surface area contributed by atoms with E-state index in [9.17, 15) is 14.7 Å². The second-order valence-electron chi connectivity index (χ2n) is 6.48. The Kier molecular flexibility index (Phi) is 4.89. The van der Waals surface area contributed by atoms with Crippen molar-refractivity contribution >= 4 is 12.0 Å². The lowest BCUT2D eigenvalue weighted by Gasteiger charge is -2.38. The van der Waals surface area contributed by atoms with Gasteiger partial charge >= 0.3 is 12.0 Å². The van der Waals surface area contributed by atoms with Gasteiger partial charge in [0.2, 0.25) is 0 Å². The number of amides is 2. The van der Waals surface area contributed by atoms with Gasteiger partial charge in [0, 0.05) is 20.1 Å². The summed E-state index contributed by atoms with van der Waals surface area (Å²) in [5.41, 5.74) is -0.707. The number of hydrogen-bond donors (Lipinski definition) is 2.